The summed E-state index contributed by atoms with van der Waals surface area (Å²) in [5.74, 6) is 0. The summed E-state index contributed by atoms with van der Waals surface area (Å²) in [6.07, 6.45) is 9.72. The Morgan fingerprint density at radius 2 is 1.82 bits per heavy atom. The average Bonchev–Trinajstić information content (AvgIpc) is 2.34. The van der Waals surface area contributed by atoms with Crippen molar-refractivity contribution in [2.75, 3.05) is 0 Å². The van der Waals surface area contributed by atoms with Crippen molar-refractivity contribution in [3.05, 3.63) is 47.5 Å². The molecule has 0 radical (unpaired) electrons. The monoisotopic (exact) mass is 232 g/mol. The molecule has 0 bridgehead atoms. The van der Waals surface area contributed by atoms with Crippen LogP contribution in [-0.4, -0.2) is 5.11 Å². The van der Waals surface area contributed by atoms with Gasteiger partial charge in [-0.05, 0) is 25.3 Å². The molecule has 94 valence electrons. The minimum absolute atomic E-state index is 0.457. The Labute approximate surface area is 105 Å². The Morgan fingerprint density at radius 3 is 2.47 bits per heavy atom. The maximum absolute atomic E-state index is 9.93. The van der Waals surface area contributed by atoms with E-state index in [0.29, 0.717) is 0 Å². The summed E-state index contributed by atoms with van der Waals surface area (Å²) in [7, 11) is 0. The first kappa shape index (κ1) is 14.0. The Morgan fingerprint density at radius 1 is 1.12 bits per heavy atom. The highest BCUT2D eigenvalue weighted by Crippen LogP contribution is 2.15. The summed E-state index contributed by atoms with van der Waals surface area (Å²) >= 11 is 0. The van der Waals surface area contributed by atoms with Gasteiger partial charge in [-0.2, -0.15) is 0 Å². The van der Waals surface area contributed by atoms with Crippen molar-refractivity contribution < 1.29 is 5.11 Å². The maximum Gasteiger partial charge on any atom is 0.0971 e. The molecule has 0 heterocycles. The third kappa shape index (κ3) is 5.69. The number of rotatable bonds is 7. The molecule has 1 atom stereocenters. The van der Waals surface area contributed by atoms with E-state index in [0.717, 1.165) is 12.0 Å². The minimum Gasteiger partial charge on any atom is -0.384 e. The zero-order valence-corrected chi connectivity index (χ0v) is 11.0. The van der Waals surface area contributed by atoms with Gasteiger partial charge in [-0.15, -0.1) is 0 Å². The number of hydrogen-bond acceptors (Lipinski definition) is 1. The molecule has 1 rings (SSSR count). The lowest BCUT2D eigenvalue weighted by Crippen LogP contribution is -1.92. The van der Waals surface area contributed by atoms with E-state index in [-0.39, 0.29) is 0 Å². The lowest BCUT2D eigenvalue weighted by molar-refractivity contribution is 0.228. The topological polar surface area (TPSA) is 20.2 Å². The quantitative estimate of drug-likeness (QED) is 0.540. The molecular formula is C16H24O. The van der Waals surface area contributed by atoms with Crippen LogP contribution in [0.15, 0.2) is 36.4 Å². The molecule has 0 aromatic heterocycles. The molecule has 1 N–H and O–H groups in total. The molecule has 1 heteroatoms. The number of aryl methyl sites for hydroxylation is 1. The van der Waals surface area contributed by atoms with Crippen LogP contribution >= 0.6 is 0 Å². The Balaban J connectivity index is 2.30. The fourth-order valence-corrected chi connectivity index (χ4v) is 1.79. The van der Waals surface area contributed by atoms with Gasteiger partial charge >= 0.3 is 0 Å². The molecule has 0 fully saturated rings. The standard InChI is InChI=1S/C16H24O/c1-3-4-5-6-7-8-9-16(17)15-12-10-14(2)11-13-15/h8-13,16-17H,3-7H2,1-2H3/b9-8+/t16-/m1/s1. The Kier molecular flexibility index (Phi) is 6.64. The Bertz CT molecular complexity index is 324. The molecule has 17 heavy (non-hydrogen) atoms. The summed E-state index contributed by atoms with van der Waals surface area (Å²) in [6, 6.07) is 8.05. The molecule has 0 aliphatic rings. The number of allylic oxidation sites excluding steroid dienone is 1. The van der Waals surface area contributed by atoms with Crippen molar-refractivity contribution in [1.29, 1.82) is 0 Å². The fraction of sp³-hybridized carbons (Fsp3) is 0.500. The second-order valence-corrected chi connectivity index (χ2v) is 4.63. The van der Waals surface area contributed by atoms with E-state index in [1.54, 1.807) is 0 Å². The third-order valence-electron chi connectivity index (χ3n) is 2.96. The predicted molar refractivity (Wildman–Crippen MR) is 74.0 cm³/mol. The van der Waals surface area contributed by atoms with Crippen molar-refractivity contribution in [3.63, 3.8) is 0 Å². The molecule has 0 saturated heterocycles. The van der Waals surface area contributed by atoms with E-state index < -0.39 is 6.10 Å². The molecule has 0 unspecified atom stereocenters. The van der Waals surface area contributed by atoms with Gasteiger partial charge in [-0.25, -0.2) is 0 Å². The van der Waals surface area contributed by atoms with E-state index in [2.05, 4.69) is 19.9 Å². The van der Waals surface area contributed by atoms with Crippen molar-refractivity contribution in [1.82, 2.24) is 0 Å². The predicted octanol–water partition coefficient (Wildman–Crippen LogP) is 4.56. The molecular weight excluding hydrogens is 208 g/mol. The van der Waals surface area contributed by atoms with Crippen LogP contribution in [0.4, 0.5) is 0 Å². The SMILES string of the molecule is CCCCCC/C=C/[C@@H](O)c1ccc(C)cc1. The molecule has 0 amide bonds. The molecule has 1 aromatic rings. The van der Waals surface area contributed by atoms with Crippen LogP contribution in [0, 0.1) is 6.92 Å². The fourth-order valence-electron chi connectivity index (χ4n) is 1.79. The minimum atomic E-state index is -0.457. The van der Waals surface area contributed by atoms with E-state index in [1.807, 2.05) is 30.3 Å². The second-order valence-electron chi connectivity index (χ2n) is 4.63. The number of hydrogen-bond donors (Lipinski definition) is 1. The normalized spacial score (nSPS) is 13.1. The van der Waals surface area contributed by atoms with Crippen molar-refractivity contribution in [3.8, 4) is 0 Å². The highest BCUT2D eigenvalue weighted by Gasteiger charge is 2.01. The van der Waals surface area contributed by atoms with Gasteiger partial charge in [0, 0.05) is 0 Å². The maximum atomic E-state index is 9.93. The molecule has 0 aliphatic heterocycles. The first-order valence-electron chi connectivity index (χ1n) is 6.65. The van der Waals surface area contributed by atoms with Crippen LogP contribution in [0.2, 0.25) is 0 Å². The van der Waals surface area contributed by atoms with Gasteiger partial charge in [0.15, 0.2) is 0 Å². The van der Waals surface area contributed by atoms with E-state index in [1.165, 1.54) is 31.2 Å². The lowest BCUT2D eigenvalue weighted by Gasteiger charge is -2.06. The van der Waals surface area contributed by atoms with Crippen molar-refractivity contribution >= 4 is 0 Å². The second kappa shape index (κ2) is 8.08. The summed E-state index contributed by atoms with van der Waals surface area (Å²) in [4.78, 5) is 0. The Hall–Kier alpha value is -1.08. The van der Waals surface area contributed by atoms with Crippen LogP contribution in [-0.2, 0) is 0 Å². The highest BCUT2D eigenvalue weighted by atomic mass is 16.3. The van der Waals surface area contributed by atoms with Crippen LogP contribution < -0.4 is 0 Å². The largest absolute Gasteiger partial charge is 0.384 e. The lowest BCUT2D eigenvalue weighted by atomic mass is 10.1. The molecule has 0 saturated carbocycles. The van der Waals surface area contributed by atoms with Gasteiger partial charge in [0.2, 0.25) is 0 Å². The molecule has 0 aliphatic carbocycles. The van der Waals surface area contributed by atoms with Gasteiger partial charge < -0.3 is 5.11 Å². The summed E-state index contributed by atoms with van der Waals surface area (Å²) in [6.45, 7) is 4.27. The van der Waals surface area contributed by atoms with Crippen LogP contribution in [0.5, 0.6) is 0 Å². The van der Waals surface area contributed by atoms with Gasteiger partial charge in [-0.3, -0.25) is 0 Å². The number of benzene rings is 1. The summed E-state index contributed by atoms with van der Waals surface area (Å²) < 4.78 is 0. The van der Waals surface area contributed by atoms with Gasteiger partial charge in [0.05, 0.1) is 6.10 Å². The number of unbranched alkanes of at least 4 members (excludes halogenated alkanes) is 4. The van der Waals surface area contributed by atoms with Crippen LogP contribution in [0.25, 0.3) is 0 Å². The van der Waals surface area contributed by atoms with E-state index in [4.69, 9.17) is 0 Å². The molecule has 0 spiro atoms. The molecule has 1 nitrogen and oxygen atoms in total. The van der Waals surface area contributed by atoms with Crippen LogP contribution in [0.3, 0.4) is 0 Å². The average molecular weight is 232 g/mol. The van der Waals surface area contributed by atoms with Crippen molar-refractivity contribution in [2.24, 2.45) is 0 Å². The third-order valence-corrected chi connectivity index (χ3v) is 2.96. The van der Waals surface area contributed by atoms with E-state index >= 15 is 0 Å². The van der Waals surface area contributed by atoms with Crippen LogP contribution in [0.1, 0.15) is 56.3 Å². The van der Waals surface area contributed by atoms with Gasteiger partial charge in [-0.1, -0.05) is 68.2 Å². The van der Waals surface area contributed by atoms with Gasteiger partial charge in [0.1, 0.15) is 0 Å². The number of aliphatic hydroxyl groups is 1. The van der Waals surface area contributed by atoms with Gasteiger partial charge in [0.25, 0.3) is 0 Å². The smallest absolute Gasteiger partial charge is 0.0971 e. The first-order valence-corrected chi connectivity index (χ1v) is 6.65. The zero-order valence-electron chi connectivity index (χ0n) is 11.0. The number of aliphatic hydroxyl groups excluding tert-OH is 1. The summed E-state index contributed by atoms with van der Waals surface area (Å²) in [5, 5.41) is 9.93. The highest BCUT2D eigenvalue weighted by molar-refractivity contribution is 5.25. The summed E-state index contributed by atoms with van der Waals surface area (Å²) in [5.41, 5.74) is 2.20. The van der Waals surface area contributed by atoms with Crippen molar-refractivity contribution in [2.45, 2.75) is 52.1 Å². The molecule has 1 aromatic carbocycles. The zero-order chi connectivity index (χ0) is 12.5. The van der Waals surface area contributed by atoms with E-state index in [9.17, 15) is 5.11 Å². The first-order chi connectivity index (χ1) is 8.24.